The van der Waals surface area contributed by atoms with E-state index in [1.807, 2.05) is 60.7 Å². The first-order chi connectivity index (χ1) is 13.2. The van der Waals surface area contributed by atoms with Crippen LogP contribution >= 0.6 is 0 Å². The van der Waals surface area contributed by atoms with E-state index in [0.717, 1.165) is 24.0 Å². The molecular formula is C22H26O5. The monoisotopic (exact) mass is 370 g/mol. The number of esters is 1. The Morgan fingerprint density at radius 2 is 1.52 bits per heavy atom. The third-order valence-electron chi connectivity index (χ3n) is 3.90. The average molecular weight is 370 g/mol. The number of carbonyl (C=O) groups is 1. The Balaban J connectivity index is 0.000000244. The van der Waals surface area contributed by atoms with E-state index in [0.29, 0.717) is 6.61 Å². The number of rotatable bonds is 6. The van der Waals surface area contributed by atoms with Crippen molar-refractivity contribution >= 4 is 12.0 Å². The molecule has 0 saturated carbocycles. The Bertz CT molecular complexity index is 674. The van der Waals surface area contributed by atoms with E-state index in [1.165, 1.54) is 6.08 Å². The molecule has 2 unspecified atom stereocenters. The van der Waals surface area contributed by atoms with E-state index in [1.54, 1.807) is 20.3 Å². The van der Waals surface area contributed by atoms with Crippen molar-refractivity contribution in [1.29, 1.82) is 0 Å². The molecular weight excluding hydrogens is 344 g/mol. The fourth-order valence-electron chi connectivity index (χ4n) is 2.43. The molecule has 1 heterocycles. The Kier molecular flexibility index (Phi) is 9.27. The van der Waals surface area contributed by atoms with Crippen molar-refractivity contribution in [2.75, 3.05) is 14.2 Å². The van der Waals surface area contributed by atoms with Crippen molar-refractivity contribution in [1.82, 2.24) is 0 Å². The summed E-state index contributed by atoms with van der Waals surface area (Å²) in [4.78, 5) is 11.5. The van der Waals surface area contributed by atoms with E-state index in [-0.39, 0.29) is 18.5 Å². The minimum Gasteiger partial charge on any atom is -0.458 e. The predicted octanol–water partition coefficient (Wildman–Crippen LogP) is 4.19. The van der Waals surface area contributed by atoms with E-state index >= 15 is 0 Å². The summed E-state index contributed by atoms with van der Waals surface area (Å²) in [6, 6.07) is 19.3. The second-order valence-electron chi connectivity index (χ2n) is 5.88. The number of hydrogen-bond donors (Lipinski definition) is 0. The number of benzene rings is 2. The molecule has 0 amide bonds. The molecule has 3 rings (SSSR count). The van der Waals surface area contributed by atoms with Gasteiger partial charge in [-0.25, -0.2) is 4.79 Å². The highest BCUT2D eigenvalue weighted by molar-refractivity contribution is 5.87. The standard InChI is InChI=1S/C16H14O2.C6H12O3/c17-16(12-11-14-7-3-1-4-8-14)18-13-15-9-5-2-6-10-15;1-7-5-3-4-6(8-2)9-5/h1-12H,13H2;5-6H,3-4H2,1-2H3. The summed E-state index contributed by atoms with van der Waals surface area (Å²) in [5.41, 5.74) is 1.97. The lowest BCUT2D eigenvalue weighted by Crippen LogP contribution is -2.13. The first kappa shape index (κ1) is 20.8. The topological polar surface area (TPSA) is 54.0 Å². The molecule has 1 aliphatic heterocycles. The molecule has 5 nitrogen and oxygen atoms in total. The van der Waals surface area contributed by atoms with Gasteiger partial charge in [-0.15, -0.1) is 0 Å². The zero-order valence-corrected chi connectivity index (χ0v) is 15.7. The lowest BCUT2D eigenvalue weighted by atomic mass is 10.2. The Hall–Kier alpha value is -2.47. The van der Waals surface area contributed by atoms with Crippen molar-refractivity contribution in [3.05, 3.63) is 77.9 Å². The molecule has 2 atom stereocenters. The van der Waals surface area contributed by atoms with Gasteiger partial charge in [0.1, 0.15) is 6.61 Å². The molecule has 27 heavy (non-hydrogen) atoms. The van der Waals surface area contributed by atoms with Crippen LogP contribution in [-0.2, 0) is 30.3 Å². The predicted molar refractivity (Wildman–Crippen MR) is 104 cm³/mol. The van der Waals surface area contributed by atoms with Crippen molar-refractivity contribution in [3.8, 4) is 0 Å². The zero-order valence-electron chi connectivity index (χ0n) is 15.7. The molecule has 0 bridgehead atoms. The van der Waals surface area contributed by atoms with Gasteiger partial charge in [0.15, 0.2) is 12.6 Å². The van der Waals surface area contributed by atoms with Crippen molar-refractivity contribution in [2.24, 2.45) is 0 Å². The fraction of sp³-hybridized carbons (Fsp3) is 0.318. The Morgan fingerprint density at radius 3 is 2.04 bits per heavy atom. The number of ether oxygens (including phenoxy) is 4. The van der Waals surface area contributed by atoms with Crippen LogP contribution in [0.2, 0.25) is 0 Å². The van der Waals surface area contributed by atoms with Gasteiger partial charge >= 0.3 is 5.97 Å². The minimum absolute atomic E-state index is 0.0463. The Labute approximate surface area is 160 Å². The summed E-state index contributed by atoms with van der Waals surface area (Å²) < 4.78 is 20.2. The highest BCUT2D eigenvalue weighted by Gasteiger charge is 2.23. The van der Waals surface area contributed by atoms with Crippen LogP contribution in [0, 0.1) is 0 Å². The zero-order chi connectivity index (χ0) is 19.3. The number of methoxy groups -OCH3 is 2. The summed E-state index contributed by atoms with van der Waals surface area (Å²) >= 11 is 0. The number of carbonyl (C=O) groups excluding carboxylic acids is 1. The van der Waals surface area contributed by atoms with E-state index < -0.39 is 0 Å². The maximum atomic E-state index is 11.5. The van der Waals surface area contributed by atoms with Crippen LogP contribution in [0.1, 0.15) is 24.0 Å². The van der Waals surface area contributed by atoms with E-state index in [9.17, 15) is 4.79 Å². The van der Waals surface area contributed by atoms with Gasteiger partial charge in [-0.3, -0.25) is 0 Å². The van der Waals surface area contributed by atoms with Gasteiger partial charge in [-0.1, -0.05) is 60.7 Å². The van der Waals surface area contributed by atoms with Crippen LogP contribution in [0.5, 0.6) is 0 Å². The fourth-order valence-corrected chi connectivity index (χ4v) is 2.43. The highest BCUT2D eigenvalue weighted by Crippen LogP contribution is 2.19. The number of hydrogen-bond acceptors (Lipinski definition) is 5. The quantitative estimate of drug-likeness (QED) is 0.564. The summed E-state index contributed by atoms with van der Waals surface area (Å²) in [6.45, 7) is 0.304. The summed E-state index contributed by atoms with van der Waals surface area (Å²) in [7, 11) is 3.28. The molecule has 5 heteroatoms. The van der Waals surface area contributed by atoms with Crippen LogP contribution in [0.15, 0.2) is 66.7 Å². The van der Waals surface area contributed by atoms with E-state index in [2.05, 4.69) is 0 Å². The van der Waals surface area contributed by atoms with Gasteiger partial charge in [0.2, 0.25) is 0 Å². The van der Waals surface area contributed by atoms with Crippen LogP contribution in [-0.4, -0.2) is 32.8 Å². The molecule has 0 aromatic heterocycles. The second-order valence-corrected chi connectivity index (χ2v) is 5.88. The smallest absolute Gasteiger partial charge is 0.331 e. The molecule has 144 valence electrons. The van der Waals surface area contributed by atoms with Crippen molar-refractivity contribution in [2.45, 2.75) is 32.0 Å². The van der Waals surface area contributed by atoms with Crippen LogP contribution in [0.3, 0.4) is 0 Å². The van der Waals surface area contributed by atoms with Crippen LogP contribution in [0.25, 0.3) is 6.08 Å². The highest BCUT2D eigenvalue weighted by atomic mass is 16.8. The maximum Gasteiger partial charge on any atom is 0.331 e. The third kappa shape index (κ3) is 8.17. The summed E-state index contributed by atoms with van der Waals surface area (Å²) in [5, 5.41) is 0. The maximum absolute atomic E-state index is 11.5. The molecule has 0 aliphatic carbocycles. The third-order valence-corrected chi connectivity index (χ3v) is 3.90. The molecule has 2 aromatic rings. The van der Waals surface area contributed by atoms with E-state index in [4.69, 9.17) is 18.9 Å². The normalized spacial score (nSPS) is 18.7. The molecule has 0 spiro atoms. The average Bonchev–Trinajstić information content (AvgIpc) is 3.21. The summed E-state index contributed by atoms with van der Waals surface area (Å²) in [5.74, 6) is -0.331. The van der Waals surface area contributed by atoms with Gasteiger partial charge in [0, 0.05) is 33.1 Å². The van der Waals surface area contributed by atoms with Crippen molar-refractivity contribution < 1.29 is 23.7 Å². The molecule has 1 aliphatic rings. The largest absolute Gasteiger partial charge is 0.458 e. The molecule has 0 N–H and O–H groups in total. The lowest BCUT2D eigenvalue weighted by Gasteiger charge is -2.09. The SMILES string of the molecule is COC1CCC(OC)O1.O=C(C=Cc1ccccc1)OCc1ccccc1. The van der Waals surface area contributed by atoms with Gasteiger partial charge in [0.25, 0.3) is 0 Å². The van der Waals surface area contributed by atoms with Gasteiger partial charge in [-0.05, 0) is 17.2 Å². The van der Waals surface area contributed by atoms with Crippen LogP contribution in [0.4, 0.5) is 0 Å². The minimum atomic E-state index is -0.331. The summed E-state index contributed by atoms with van der Waals surface area (Å²) in [6.07, 6.45) is 4.97. The van der Waals surface area contributed by atoms with Gasteiger partial charge in [-0.2, -0.15) is 0 Å². The molecule has 1 fully saturated rings. The van der Waals surface area contributed by atoms with Crippen molar-refractivity contribution in [3.63, 3.8) is 0 Å². The van der Waals surface area contributed by atoms with Gasteiger partial charge in [0.05, 0.1) is 0 Å². The molecule has 2 aromatic carbocycles. The molecule has 1 saturated heterocycles. The first-order valence-electron chi connectivity index (χ1n) is 8.86. The Morgan fingerprint density at radius 1 is 0.963 bits per heavy atom. The van der Waals surface area contributed by atoms with Gasteiger partial charge < -0.3 is 18.9 Å². The van der Waals surface area contributed by atoms with Crippen LogP contribution < -0.4 is 0 Å². The lowest BCUT2D eigenvalue weighted by molar-refractivity contribution is -0.185. The molecule has 0 radical (unpaired) electrons. The second kappa shape index (κ2) is 12.0. The first-order valence-corrected chi connectivity index (χ1v) is 8.86.